The molecule has 0 aromatic carbocycles. The number of carboxylic acids is 1. The van der Waals surface area contributed by atoms with Gasteiger partial charge < -0.3 is 15.5 Å². The van der Waals surface area contributed by atoms with Crippen molar-refractivity contribution in [1.82, 2.24) is 15.1 Å². The maximum atomic E-state index is 10.6. The van der Waals surface area contributed by atoms with Gasteiger partial charge in [0.15, 0.2) is 0 Å². The molecular weight excluding hydrogens is 258 g/mol. The van der Waals surface area contributed by atoms with Crippen LogP contribution in [0.2, 0.25) is 0 Å². The SMILES string of the molecule is CC(CCC(=O)O)NC1CCCc2c1cnn2CCO. The zero-order valence-electron chi connectivity index (χ0n) is 11.9. The Morgan fingerprint density at radius 1 is 1.65 bits per heavy atom. The maximum Gasteiger partial charge on any atom is 0.303 e. The topological polar surface area (TPSA) is 87.4 Å². The number of nitrogens with zero attached hydrogens (tertiary/aromatic N) is 2. The average Bonchev–Trinajstić information content (AvgIpc) is 2.82. The van der Waals surface area contributed by atoms with Gasteiger partial charge in [0.2, 0.25) is 0 Å². The van der Waals surface area contributed by atoms with Crippen molar-refractivity contribution in [3.8, 4) is 0 Å². The summed E-state index contributed by atoms with van der Waals surface area (Å²) in [6.45, 7) is 2.66. The van der Waals surface area contributed by atoms with Gasteiger partial charge in [-0.15, -0.1) is 0 Å². The first-order valence-corrected chi connectivity index (χ1v) is 7.25. The van der Waals surface area contributed by atoms with E-state index in [4.69, 9.17) is 10.2 Å². The Hall–Kier alpha value is -1.40. The minimum atomic E-state index is -0.751. The van der Waals surface area contributed by atoms with Gasteiger partial charge in [0, 0.05) is 29.8 Å². The van der Waals surface area contributed by atoms with E-state index in [1.807, 2.05) is 17.8 Å². The number of aromatic nitrogens is 2. The molecule has 112 valence electrons. The van der Waals surface area contributed by atoms with Gasteiger partial charge in [-0.05, 0) is 32.6 Å². The zero-order valence-corrected chi connectivity index (χ0v) is 11.9. The number of carbonyl (C=O) groups is 1. The third-order valence-electron chi connectivity index (χ3n) is 3.85. The van der Waals surface area contributed by atoms with E-state index in [9.17, 15) is 4.79 Å². The molecule has 1 aliphatic rings. The van der Waals surface area contributed by atoms with E-state index in [1.54, 1.807) is 0 Å². The van der Waals surface area contributed by atoms with Crippen LogP contribution in [0.25, 0.3) is 0 Å². The van der Waals surface area contributed by atoms with Crippen LogP contribution in [0.4, 0.5) is 0 Å². The lowest BCUT2D eigenvalue weighted by atomic mass is 9.92. The molecule has 3 N–H and O–H groups in total. The van der Waals surface area contributed by atoms with Crippen LogP contribution in [0.3, 0.4) is 0 Å². The standard InChI is InChI=1S/C14H23N3O3/c1-10(5-6-14(19)20)16-12-3-2-4-13-11(12)9-15-17(13)7-8-18/h9-10,12,16,18H,2-8H2,1H3,(H,19,20). The Bertz CT molecular complexity index is 459. The van der Waals surface area contributed by atoms with Crippen molar-refractivity contribution in [3.63, 3.8) is 0 Å². The fourth-order valence-electron chi connectivity index (χ4n) is 2.85. The summed E-state index contributed by atoms with van der Waals surface area (Å²) in [6, 6.07) is 0.415. The summed E-state index contributed by atoms with van der Waals surface area (Å²) < 4.78 is 1.88. The second kappa shape index (κ2) is 6.85. The minimum Gasteiger partial charge on any atom is -0.481 e. The molecule has 0 saturated carbocycles. The molecular formula is C14H23N3O3. The lowest BCUT2D eigenvalue weighted by Gasteiger charge is -2.27. The van der Waals surface area contributed by atoms with Gasteiger partial charge in [-0.25, -0.2) is 0 Å². The van der Waals surface area contributed by atoms with Crippen LogP contribution in [0.15, 0.2) is 6.20 Å². The molecule has 1 aromatic heterocycles. The van der Waals surface area contributed by atoms with Crippen LogP contribution < -0.4 is 5.32 Å². The van der Waals surface area contributed by atoms with Crippen molar-refractivity contribution in [2.75, 3.05) is 6.61 Å². The predicted octanol–water partition coefficient (Wildman–Crippen LogP) is 1.10. The summed E-state index contributed by atoms with van der Waals surface area (Å²) in [5, 5.41) is 25.6. The van der Waals surface area contributed by atoms with E-state index in [1.165, 1.54) is 11.3 Å². The van der Waals surface area contributed by atoms with E-state index in [2.05, 4.69) is 10.4 Å². The largest absolute Gasteiger partial charge is 0.481 e. The number of aliphatic carboxylic acids is 1. The van der Waals surface area contributed by atoms with Crippen LogP contribution in [0.1, 0.15) is 49.9 Å². The van der Waals surface area contributed by atoms with Crippen molar-refractivity contribution in [2.24, 2.45) is 0 Å². The van der Waals surface area contributed by atoms with E-state index in [-0.39, 0.29) is 25.1 Å². The molecule has 0 fully saturated rings. The number of aliphatic hydroxyl groups excluding tert-OH is 1. The van der Waals surface area contributed by atoms with Gasteiger partial charge in [-0.1, -0.05) is 0 Å². The molecule has 6 nitrogen and oxygen atoms in total. The second-order valence-corrected chi connectivity index (χ2v) is 5.44. The van der Waals surface area contributed by atoms with Gasteiger partial charge in [-0.2, -0.15) is 5.10 Å². The number of carboxylic acid groups (broad SMARTS) is 1. The summed E-state index contributed by atoms with van der Waals surface area (Å²) in [6.07, 6.45) is 5.84. The monoisotopic (exact) mass is 281 g/mol. The summed E-state index contributed by atoms with van der Waals surface area (Å²) >= 11 is 0. The molecule has 2 rings (SSSR count). The maximum absolute atomic E-state index is 10.6. The molecule has 1 heterocycles. The van der Waals surface area contributed by atoms with Crippen molar-refractivity contribution < 1.29 is 15.0 Å². The summed E-state index contributed by atoms with van der Waals surface area (Å²) in [5.74, 6) is -0.751. The highest BCUT2D eigenvalue weighted by Crippen LogP contribution is 2.30. The molecule has 20 heavy (non-hydrogen) atoms. The van der Waals surface area contributed by atoms with Crippen LogP contribution in [-0.2, 0) is 17.8 Å². The Morgan fingerprint density at radius 3 is 3.15 bits per heavy atom. The average molecular weight is 281 g/mol. The number of fused-ring (bicyclic) bond motifs is 1. The molecule has 6 heteroatoms. The summed E-state index contributed by atoms with van der Waals surface area (Å²) in [5.41, 5.74) is 2.40. The van der Waals surface area contributed by atoms with Gasteiger partial charge in [0.25, 0.3) is 0 Å². The lowest BCUT2D eigenvalue weighted by Crippen LogP contribution is -2.33. The first-order chi connectivity index (χ1) is 9.61. The minimum absolute atomic E-state index is 0.0984. The highest BCUT2D eigenvalue weighted by molar-refractivity contribution is 5.66. The molecule has 0 aliphatic heterocycles. The van der Waals surface area contributed by atoms with Crippen LogP contribution in [0.5, 0.6) is 0 Å². The van der Waals surface area contributed by atoms with Crippen molar-refractivity contribution in [2.45, 2.75) is 57.7 Å². The molecule has 1 aliphatic carbocycles. The Labute approximate surface area is 118 Å². The Kier molecular flexibility index (Phi) is 5.14. The molecule has 0 amide bonds. The van der Waals surface area contributed by atoms with Gasteiger partial charge in [0.05, 0.1) is 19.3 Å². The van der Waals surface area contributed by atoms with Crippen molar-refractivity contribution >= 4 is 5.97 Å². The molecule has 0 spiro atoms. The fraction of sp³-hybridized carbons (Fsp3) is 0.714. The second-order valence-electron chi connectivity index (χ2n) is 5.44. The van der Waals surface area contributed by atoms with E-state index in [0.717, 1.165) is 19.3 Å². The van der Waals surface area contributed by atoms with E-state index >= 15 is 0 Å². The number of rotatable bonds is 7. The molecule has 1 aromatic rings. The number of hydrogen-bond acceptors (Lipinski definition) is 4. The van der Waals surface area contributed by atoms with Crippen molar-refractivity contribution in [3.05, 3.63) is 17.5 Å². The Balaban J connectivity index is 1.99. The number of hydrogen-bond donors (Lipinski definition) is 3. The fourth-order valence-corrected chi connectivity index (χ4v) is 2.85. The zero-order chi connectivity index (χ0) is 14.5. The smallest absolute Gasteiger partial charge is 0.303 e. The summed E-state index contributed by atoms with van der Waals surface area (Å²) in [4.78, 5) is 10.6. The van der Waals surface area contributed by atoms with Gasteiger partial charge in [-0.3, -0.25) is 9.48 Å². The summed E-state index contributed by atoms with van der Waals surface area (Å²) in [7, 11) is 0. The number of aliphatic hydroxyl groups is 1. The van der Waals surface area contributed by atoms with Gasteiger partial charge in [0.1, 0.15) is 0 Å². The molecule has 0 saturated heterocycles. The molecule has 0 radical (unpaired) electrons. The number of nitrogens with one attached hydrogen (secondary N) is 1. The first kappa shape index (κ1) is 15.0. The van der Waals surface area contributed by atoms with Gasteiger partial charge >= 0.3 is 5.97 Å². The molecule has 0 bridgehead atoms. The Morgan fingerprint density at radius 2 is 2.45 bits per heavy atom. The van der Waals surface area contributed by atoms with E-state index in [0.29, 0.717) is 13.0 Å². The van der Waals surface area contributed by atoms with Crippen LogP contribution in [-0.4, -0.2) is 38.6 Å². The lowest BCUT2D eigenvalue weighted by molar-refractivity contribution is -0.137. The predicted molar refractivity (Wildman–Crippen MR) is 74.5 cm³/mol. The van der Waals surface area contributed by atoms with E-state index < -0.39 is 5.97 Å². The molecule has 2 atom stereocenters. The normalized spacial score (nSPS) is 19.6. The third kappa shape index (κ3) is 3.58. The molecule has 2 unspecified atom stereocenters. The first-order valence-electron chi connectivity index (χ1n) is 7.25. The van der Waals surface area contributed by atoms with Crippen molar-refractivity contribution in [1.29, 1.82) is 0 Å². The third-order valence-corrected chi connectivity index (χ3v) is 3.85. The highest BCUT2D eigenvalue weighted by Gasteiger charge is 2.25. The van der Waals surface area contributed by atoms with Crippen LogP contribution >= 0.6 is 0 Å². The highest BCUT2D eigenvalue weighted by atomic mass is 16.4. The van der Waals surface area contributed by atoms with Crippen LogP contribution in [0, 0.1) is 0 Å². The quantitative estimate of drug-likeness (QED) is 0.696.